The molecule has 6 heteroatoms. The molecule has 0 radical (unpaired) electrons. The number of sulfonamides is 1. The van der Waals surface area contributed by atoms with Crippen LogP contribution in [0.15, 0.2) is 28.0 Å². The summed E-state index contributed by atoms with van der Waals surface area (Å²) in [6, 6.07) is 4.72. The van der Waals surface area contributed by atoms with Crippen LogP contribution in [0, 0.1) is 0 Å². The van der Waals surface area contributed by atoms with Gasteiger partial charge in [0.05, 0.1) is 4.90 Å². The summed E-state index contributed by atoms with van der Waals surface area (Å²) in [5.74, 6) is 0. The molecule has 14 heavy (non-hydrogen) atoms. The first-order valence-corrected chi connectivity index (χ1v) is 6.66. The van der Waals surface area contributed by atoms with Gasteiger partial charge >= 0.3 is 0 Å². The Kier molecular flexibility index (Phi) is 3.54. The number of hydrogen-bond donors (Lipinski definition) is 2. The van der Waals surface area contributed by atoms with Crippen molar-refractivity contribution in [2.75, 3.05) is 6.26 Å². The average Bonchev–Trinajstić information content (AvgIpc) is 2.15. The van der Waals surface area contributed by atoms with E-state index in [-0.39, 0.29) is 4.90 Å². The molecule has 1 aromatic carbocycles. The van der Waals surface area contributed by atoms with Crippen LogP contribution >= 0.6 is 11.8 Å². The van der Waals surface area contributed by atoms with E-state index in [1.807, 2.05) is 6.26 Å². The predicted octanol–water partition coefficient (Wildman–Crippen LogP) is 0.515. The summed E-state index contributed by atoms with van der Waals surface area (Å²) in [4.78, 5) is 1.08. The first-order chi connectivity index (χ1) is 6.49. The van der Waals surface area contributed by atoms with Gasteiger partial charge in [-0.1, -0.05) is 0 Å². The summed E-state index contributed by atoms with van der Waals surface area (Å²) in [6.07, 6.45) is 1.91. The number of thioether (sulfide) groups is 1. The minimum absolute atomic E-state index is 0.107. The molecule has 0 fully saturated rings. The van der Waals surface area contributed by atoms with Crippen molar-refractivity contribution in [3.8, 4) is 0 Å². The summed E-state index contributed by atoms with van der Waals surface area (Å²) in [5.41, 5.74) is 6.28. The standard InChI is InChI=1S/C8H12N2O2S2/c1-13-8-3-2-7(14(10,11)12)4-6(8)5-9/h2-4H,5,9H2,1H3,(H2,10,11,12). The molecule has 0 saturated carbocycles. The molecule has 0 saturated heterocycles. The minimum atomic E-state index is -3.63. The third kappa shape index (κ3) is 2.48. The van der Waals surface area contributed by atoms with Gasteiger partial charge in [-0.15, -0.1) is 11.8 Å². The van der Waals surface area contributed by atoms with Gasteiger partial charge in [0, 0.05) is 11.4 Å². The lowest BCUT2D eigenvalue weighted by molar-refractivity contribution is 0.597. The van der Waals surface area contributed by atoms with Crippen LogP contribution < -0.4 is 10.9 Å². The molecular formula is C8H12N2O2S2. The van der Waals surface area contributed by atoms with Crippen molar-refractivity contribution in [1.29, 1.82) is 0 Å². The highest BCUT2D eigenvalue weighted by atomic mass is 32.2. The zero-order valence-electron chi connectivity index (χ0n) is 7.73. The fraction of sp³-hybridized carbons (Fsp3) is 0.250. The van der Waals surface area contributed by atoms with E-state index in [0.29, 0.717) is 6.54 Å². The van der Waals surface area contributed by atoms with Gasteiger partial charge < -0.3 is 5.73 Å². The van der Waals surface area contributed by atoms with E-state index in [1.165, 1.54) is 23.9 Å². The lowest BCUT2D eigenvalue weighted by Crippen LogP contribution is -2.13. The molecule has 0 aromatic heterocycles. The van der Waals surface area contributed by atoms with Gasteiger partial charge in [0.25, 0.3) is 0 Å². The van der Waals surface area contributed by atoms with Crippen LogP contribution in [0.3, 0.4) is 0 Å². The van der Waals surface area contributed by atoms with E-state index in [9.17, 15) is 8.42 Å². The monoisotopic (exact) mass is 232 g/mol. The topological polar surface area (TPSA) is 86.2 Å². The summed E-state index contributed by atoms with van der Waals surface area (Å²) in [6.45, 7) is 0.305. The summed E-state index contributed by atoms with van der Waals surface area (Å²) in [7, 11) is -3.63. The van der Waals surface area contributed by atoms with Gasteiger partial charge in [-0.3, -0.25) is 0 Å². The average molecular weight is 232 g/mol. The fourth-order valence-electron chi connectivity index (χ4n) is 1.09. The Hall–Kier alpha value is -0.560. The second kappa shape index (κ2) is 4.31. The van der Waals surface area contributed by atoms with Gasteiger partial charge in [0.2, 0.25) is 10.0 Å². The van der Waals surface area contributed by atoms with Gasteiger partial charge in [0.1, 0.15) is 0 Å². The van der Waals surface area contributed by atoms with E-state index in [1.54, 1.807) is 6.07 Å². The van der Waals surface area contributed by atoms with Gasteiger partial charge in [-0.05, 0) is 30.0 Å². The molecule has 1 aromatic rings. The smallest absolute Gasteiger partial charge is 0.238 e. The molecule has 78 valence electrons. The highest BCUT2D eigenvalue weighted by molar-refractivity contribution is 7.98. The maximum Gasteiger partial charge on any atom is 0.238 e. The van der Waals surface area contributed by atoms with Crippen molar-refractivity contribution >= 4 is 21.8 Å². The van der Waals surface area contributed by atoms with Crippen LogP contribution in [0.2, 0.25) is 0 Å². The Morgan fingerprint density at radius 2 is 2.07 bits per heavy atom. The molecule has 1 rings (SSSR count). The Morgan fingerprint density at radius 1 is 1.43 bits per heavy atom. The molecule has 0 heterocycles. The number of rotatable bonds is 3. The summed E-state index contributed by atoms with van der Waals surface area (Å²) < 4.78 is 22.1. The number of benzene rings is 1. The van der Waals surface area contributed by atoms with E-state index in [2.05, 4.69) is 0 Å². The third-order valence-corrected chi connectivity index (χ3v) is 3.55. The van der Waals surface area contributed by atoms with Crippen LogP contribution in [0.5, 0.6) is 0 Å². The molecule has 0 aliphatic heterocycles. The van der Waals surface area contributed by atoms with Gasteiger partial charge in [-0.25, -0.2) is 13.6 Å². The van der Waals surface area contributed by atoms with Crippen LogP contribution in [0.1, 0.15) is 5.56 Å². The van der Waals surface area contributed by atoms with Crippen molar-refractivity contribution < 1.29 is 8.42 Å². The Morgan fingerprint density at radius 3 is 2.50 bits per heavy atom. The maximum atomic E-state index is 11.0. The normalized spacial score (nSPS) is 11.6. The zero-order chi connectivity index (χ0) is 10.8. The zero-order valence-corrected chi connectivity index (χ0v) is 9.36. The second-order valence-corrected chi connectivity index (χ2v) is 5.13. The third-order valence-electron chi connectivity index (χ3n) is 1.80. The second-order valence-electron chi connectivity index (χ2n) is 2.72. The molecular weight excluding hydrogens is 220 g/mol. The van der Waals surface area contributed by atoms with Crippen LogP contribution in [-0.4, -0.2) is 14.7 Å². The Balaban J connectivity index is 3.28. The SMILES string of the molecule is CSc1ccc(S(N)(=O)=O)cc1CN. The van der Waals surface area contributed by atoms with E-state index < -0.39 is 10.0 Å². The highest BCUT2D eigenvalue weighted by Crippen LogP contribution is 2.22. The molecule has 0 aliphatic rings. The molecule has 0 spiro atoms. The van der Waals surface area contributed by atoms with E-state index in [4.69, 9.17) is 10.9 Å². The van der Waals surface area contributed by atoms with Gasteiger partial charge in [0.15, 0.2) is 0 Å². The molecule has 4 nitrogen and oxygen atoms in total. The quantitative estimate of drug-likeness (QED) is 0.744. The number of hydrogen-bond acceptors (Lipinski definition) is 4. The minimum Gasteiger partial charge on any atom is -0.326 e. The molecule has 0 amide bonds. The van der Waals surface area contributed by atoms with Crippen LogP contribution in [0.4, 0.5) is 0 Å². The van der Waals surface area contributed by atoms with Crippen molar-refractivity contribution in [1.82, 2.24) is 0 Å². The number of primary sulfonamides is 1. The van der Waals surface area contributed by atoms with Crippen LogP contribution in [0.25, 0.3) is 0 Å². The van der Waals surface area contributed by atoms with Crippen molar-refractivity contribution in [3.63, 3.8) is 0 Å². The first kappa shape index (κ1) is 11.5. The van der Waals surface area contributed by atoms with Crippen molar-refractivity contribution in [2.45, 2.75) is 16.3 Å². The fourth-order valence-corrected chi connectivity index (χ4v) is 2.26. The molecule has 0 aliphatic carbocycles. The molecule has 0 atom stereocenters. The van der Waals surface area contributed by atoms with Gasteiger partial charge in [-0.2, -0.15) is 0 Å². The molecule has 4 N–H and O–H groups in total. The number of nitrogens with two attached hydrogens (primary N) is 2. The lowest BCUT2D eigenvalue weighted by Gasteiger charge is -2.06. The van der Waals surface area contributed by atoms with Crippen molar-refractivity contribution in [2.24, 2.45) is 10.9 Å². The Bertz CT molecular complexity index is 429. The highest BCUT2D eigenvalue weighted by Gasteiger charge is 2.09. The molecule has 0 unspecified atom stereocenters. The van der Waals surface area contributed by atoms with E-state index in [0.717, 1.165) is 10.5 Å². The summed E-state index contributed by atoms with van der Waals surface area (Å²) in [5, 5.41) is 5.00. The van der Waals surface area contributed by atoms with E-state index >= 15 is 0 Å². The maximum absolute atomic E-state index is 11.0. The van der Waals surface area contributed by atoms with Crippen LogP contribution in [-0.2, 0) is 16.6 Å². The molecule has 0 bridgehead atoms. The Labute approximate surface area is 87.7 Å². The van der Waals surface area contributed by atoms with Crippen molar-refractivity contribution in [3.05, 3.63) is 23.8 Å². The first-order valence-electron chi connectivity index (χ1n) is 3.89. The largest absolute Gasteiger partial charge is 0.326 e. The lowest BCUT2D eigenvalue weighted by atomic mass is 10.2. The predicted molar refractivity (Wildman–Crippen MR) is 57.5 cm³/mol. The summed E-state index contributed by atoms with van der Waals surface area (Å²) >= 11 is 1.52.